The van der Waals surface area contributed by atoms with Gasteiger partial charge in [-0.05, 0) is 125 Å². The van der Waals surface area contributed by atoms with Crippen molar-refractivity contribution in [2.45, 2.75) is 214 Å². The zero-order valence-corrected chi connectivity index (χ0v) is 51.2. The number of carboxylic acids is 1. The van der Waals surface area contributed by atoms with Crippen LogP contribution in [0.1, 0.15) is 146 Å². The standard InChI is InChI=1S/C58H98N12O14/c1-30(2)24-40(62-46(73)29-60)51(76)61-35(11)49(74)64-41(25-31(3)4)52(77)63-39(16-13-14-22-59)50(75)67-44(28-37-18-20-38(72)21-19-37)54(79)65-42(26-32(5)6)53(78)66-43(27-33(7)8)55(80)69-48(36(12)71)57(82)70-23-15-17-45(70)56(81)68-47(34(9)10)58(83)84/h18-21,30-36,39-45,47-48,71-72H,13-17,22-29,59-60H2,1-12H3,(H,61,76)(H,62,73)(H,63,77)(H,64,74)(H,65,79)(H,66,78)(H,67,75)(H,68,81)(H,69,80)(H,83,84)/t35-,36+,39-,40-,41-,42-,43-,44-,45-,47-,48-/m0/s1. The smallest absolute Gasteiger partial charge is 0.326 e. The SMILES string of the molecule is CC(C)C[C@H](NC(=O)CN)C(=O)N[C@@H](C)C(=O)N[C@@H](CC(C)C)C(=O)N[C@@H](CCCCN)C(=O)N[C@@H](Cc1ccc(O)cc1)C(=O)N[C@@H](CC(C)C)C(=O)N[C@@H](CC(C)C)C(=O)N[C@H](C(=O)N1CCC[C@H]1C(=O)N[C@H](C(=O)O)C(C)C)[C@@H](C)O. The molecule has 0 saturated carbocycles. The second-order valence-electron chi connectivity index (χ2n) is 24.0. The molecule has 1 fully saturated rings. The Morgan fingerprint density at radius 3 is 1.42 bits per heavy atom. The Balaban J connectivity index is 2.48. The molecule has 0 bridgehead atoms. The molecule has 84 heavy (non-hydrogen) atoms. The van der Waals surface area contributed by atoms with Gasteiger partial charge in [0.15, 0.2) is 0 Å². The Bertz CT molecular complexity index is 2370. The van der Waals surface area contributed by atoms with Crippen LogP contribution in [0, 0.1) is 29.6 Å². The summed E-state index contributed by atoms with van der Waals surface area (Å²) in [4.78, 5) is 152. The maximum Gasteiger partial charge on any atom is 0.326 e. The van der Waals surface area contributed by atoms with Crippen LogP contribution in [0.3, 0.4) is 0 Å². The van der Waals surface area contributed by atoms with Crippen LogP contribution in [-0.4, -0.2) is 171 Å². The average Bonchev–Trinajstić information content (AvgIpc) is 3.99. The number of aromatic hydroxyl groups is 1. The van der Waals surface area contributed by atoms with Crippen LogP contribution >= 0.6 is 0 Å². The van der Waals surface area contributed by atoms with E-state index >= 15 is 0 Å². The molecule has 0 aliphatic carbocycles. The van der Waals surface area contributed by atoms with Gasteiger partial charge in [-0.15, -0.1) is 0 Å². The fourth-order valence-corrected chi connectivity index (χ4v) is 9.56. The van der Waals surface area contributed by atoms with Crippen LogP contribution in [-0.2, 0) is 59.2 Å². The Morgan fingerprint density at radius 1 is 0.536 bits per heavy atom. The largest absolute Gasteiger partial charge is 0.508 e. The Kier molecular flexibility index (Phi) is 31.4. The molecule has 1 aliphatic rings. The number of aliphatic hydroxyl groups is 1. The van der Waals surface area contributed by atoms with Crippen molar-refractivity contribution < 1.29 is 68.1 Å². The number of amides is 10. The number of nitrogens with one attached hydrogen (secondary N) is 9. The lowest BCUT2D eigenvalue weighted by Crippen LogP contribution is -2.62. The van der Waals surface area contributed by atoms with Crippen molar-refractivity contribution in [1.82, 2.24) is 52.8 Å². The van der Waals surface area contributed by atoms with E-state index in [-0.39, 0.29) is 94.0 Å². The van der Waals surface area contributed by atoms with Crippen molar-refractivity contribution in [1.29, 1.82) is 0 Å². The lowest BCUT2D eigenvalue weighted by molar-refractivity contribution is -0.147. The van der Waals surface area contributed by atoms with Crippen molar-refractivity contribution in [2.24, 2.45) is 41.1 Å². The molecule has 1 aromatic rings. The van der Waals surface area contributed by atoms with Gasteiger partial charge in [-0.1, -0.05) is 81.4 Å². The van der Waals surface area contributed by atoms with E-state index in [2.05, 4.69) is 47.9 Å². The van der Waals surface area contributed by atoms with E-state index in [1.54, 1.807) is 41.5 Å². The zero-order chi connectivity index (χ0) is 63.7. The summed E-state index contributed by atoms with van der Waals surface area (Å²) in [6, 6.07) is -6.81. The molecule has 11 atom stereocenters. The normalized spacial score (nSPS) is 16.9. The van der Waals surface area contributed by atoms with Crippen LogP contribution in [0.2, 0.25) is 0 Å². The predicted octanol–water partition coefficient (Wildman–Crippen LogP) is -0.298. The Hall–Kier alpha value is -6.93. The number of aliphatic hydroxyl groups excluding tert-OH is 1. The number of nitrogens with zero attached hydrogens (tertiary/aromatic N) is 1. The number of carbonyl (C=O) groups excluding carboxylic acids is 10. The third-order valence-electron chi connectivity index (χ3n) is 14.0. The number of hydrogen-bond acceptors (Lipinski definition) is 15. The molecule has 0 spiro atoms. The molecule has 26 nitrogen and oxygen atoms in total. The first-order chi connectivity index (χ1) is 39.3. The molecule has 26 heteroatoms. The third kappa shape index (κ3) is 25.1. The molecule has 0 unspecified atom stereocenters. The number of phenols is 1. The summed E-state index contributed by atoms with van der Waals surface area (Å²) in [7, 11) is 0. The number of rotatable bonds is 36. The first-order valence-electron chi connectivity index (χ1n) is 29.4. The van der Waals surface area contributed by atoms with E-state index in [4.69, 9.17) is 11.5 Å². The van der Waals surface area contributed by atoms with Crippen LogP contribution in [0.25, 0.3) is 0 Å². The number of carbonyl (C=O) groups is 11. The number of likely N-dealkylation sites (tertiary alicyclic amines) is 1. The second-order valence-corrected chi connectivity index (χ2v) is 24.0. The van der Waals surface area contributed by atoms with Crippen molar-refractivity contribution in [3.63, 3.8) is 0 Å². The van der Waals surface area contributed by atoms with Gasteiger partial charge in [0.25, 0.3) is 0 Å². The van der Waals surface area contributed by atoms with E-state index in [9.17, 15) is 68.1 Å². The molecule has 474 valence electrons. The third-order valence-corrected chi connectivity index (χ3v) is 14.0. The maximum absolute atomic E-state index is 14.7. The Labute approximate surface area is 494 Å². The van der Waals surface area contributed by atoms with Gasteiger partial charge in [-0.2, -0.15) is 0 Å². The van der Waals surface area contributed by atoms with Crippen molar-refractivity contribution in [3.8, 4) is 5.75 Å². The van der Waals surface area contributed by atoms with Crippen LogP contribution in [0.4, 0.5) is 0 Å². The molecule has 1 heterocycles. The summed E-state index contributed by atoms with van der Waals surface area (Å²) in [5, 5.41) is 54.6. The average molecular weight is 1190 g/mol. The molecule has 1 saturated heterocycles. The van der Waals surface area contributed by atoms with Crippen LogP contribution < -0.4 is 59.3 Å². The van der Waals surface area contributed by atoms with Gasteiger partial charge in [0.05, 0.1) is 12.6 Å². The van der Waals surface area contributed by atoms with E-state index in [1.807, 2.05) is 27.7 Å². The van der Waals surface area contributed by atoms with Crippen LogP contribution in [0.15, 0.2) is 24.3 Å². The lowest BCUT2D eigenvalue weighted by atomic mass is 9.98. The zero-order valence-electron chi connectivity index (χ0n) is 51.2. The molecule has 16 N–H and O–H groups in total. The quantitative estimate of drug-likeness (QED) is 0.0384. The minimum Gasteiger partial charge on any atom is -0.508 e. The molecule has 0 aromatic heterocycles. The number of benzene rings is 1. The fourth-order valence-electron chi connectivity index (χ4n) is 9.56. The predicted molar refractivity (Wildman–Crippen MR) is 314 cm³/mol. The highest BCUT2D eigenvalue weighted by Gasteiger charge is 2.42. The number of aliphatic carboxylic acids is 1. The molecule has 1 aromatic carbocycles. The van der Waals surface area contributed by atoms with E-state index in [1.165, 1.54) is 43.0 Å². The van der Waals surface area contributed by atoms with Gasteiger partial charge in [0, 0.05) is 13.0 Å². The molecule has 0 radical (unpaired) electrons. The van der Waals surface area contributed by atoms with Crippen molar-refractivity contribution >= 4 is 65.0 Å². The summed E-state index contributed by atoms with van der Waals surface area (Å²) in [5.41, 5.74) is 11.8. The molecule has 1 aliphatic heterocycles. The molecular formula is C58H98N12O14. The van der Waals surface area contributed by atoms with Gasteiger partial charge >= 0.3 is 5.97 Å². The number of phenolic OH excluding ortho intramolecular Hbond substituents is 1. The summed E-state index contributed by atoms with van der Waals surface area (Å²) in [5.74, 6) is -9.86. The summed E-state index contributed by atoms with van der Waals surface area (Å²) >= 11 is 0. The fraction of sp³-hybridized carbons (Fsp3) is 0.707. The highest BCUT2D eigenvalue weighted by Crippen LogP contribution is 2.21. The van der Waals surface area contributed by atoms with Crippen molar-refractivity contribution in [2.75, 3.05) is 19.6 Å². The second kappa shape index (κ2) is 36.0. The number of hydrogen-bond donors (Lipinski definition) is 14. The molecular weight excluding hydrogens is 1090 g/mol. The number of carboxylic acid groups (broad SMARTS) is 1. The topological polar surface area (TPSA) is 412 Å². The first kappa shape index (κ1) is 73.2. The van der Waals surface area contributed by atoms with Gasteiger partial charge in [-0.3, -0.25) is 47.9 Å². The highest BCUT2D eigenvalue weighted by atomic mass is 16.4. The van der Waals surface area contributed by atoms with Gasteiger partial charge < -0.3 is 79.5 Å². The summed E-state index contributed by atoms with van der Waals surface area (Å²) in [6.07, 6.45) is 0.201. The van der Waals surface area contributed by atoms with E-state index < -0.39 is 137 Å². The van der Waals surface area contributed by atoms with Gasteiger partial charge in [-0.25, -0.2) is 4.79 Å². The van der Waals surface area contributed by atoms with Crippen LogP contribution in [0.5, 0.6) is 5.75 Å². The van der Waals surface area contributed by atoms with Gasteiger partial charge in [0.1, 0.15) is 66.2 Å². The molecule has 10 amide bonds. The maximum atomic E-state index is 14.7. The van der Waals surface area contributed by atoms with E-state index in [0.717, 1.165) is 0 Å². The summed E-state index contributed by atoms with van der Waals surface area (Å²) in [6.45, 7) is 20.4. The van der Waals surface area contributed by atoms with Crippen molar-refractivity contribution in [3.05, 3.63) is 29.8 Å². The first-order valence-corrected chi connectivity index (χ1v) is 29.4. The Morgan fingerprint density at radius 2 is 0.964 bits per heavy atom. The number of nitrogens with two attached hydrogens (primary N) is 2. The monoisotopic (exact) mass is 1190 g/mol. The molecule has 2 rings (SSSR count). The lowest BCUT2D eigenvalue weighted by Gasteiger charge is -2.32. The summed E-state index contributed by atoms with van der Waals surface area (Å²) < 4.78 is 0. The minimum absolute atomic E-state index is 0.00821. The highest BCUT2D eigenvalue weighted by molar-refractivity contribution is 5.99. The number of unbranched alkanes of at least 4 members (excludes halogenated alkanes) is 1. The van der Waals surface area contributed by atoms with Gasteiger partial charge in [0.2, 0.25) is 59.1 Å². The minimum atomic E-state index is -1.59. The van der Waals surface area contributed by atoms with E-state index in [0.29, 0.717) is 24.8 Å².